The average Bonchev–Trinajstić information content (AvgIpc) is 3.77. The molecular formula is C34H44FN3O4. The van der Waals surface area contributed by atoms with E-state index in [2.05, 4.69) is 26.1 Å². The Balaban J connectivity index is 0.00000198. The highest BCUT2D eigenvalue weighted by Crippen LogP contribution is 2.54. The Labute approximate surface area is 248 Å². The van der Waals surface area contributed by atoms with Crippen molar-refractivity contribution in [1.82, 2.24) is 10.2 Å². The summed E-state index contributed by atoms with van der Waals surface area (Å²) in [5.74, 6) is -0.918. The van der Waals surface area contributed by atoms with Crippen LogP contribution in [0.1, 0.15) is 107 Å². The van der Waals surface area contributed by atoms with Crippen molar-refractivity contribution in [3.63, 3.8) is 0 Å². The predicted octanol–water partition coefficient (Wildman–Crippen LogP) is 6.77. The molecule has 3 aliphatic rings. The summed E-state index contributed by atoms with van der Waals surface area (Å²) in [6.07, 6.45) is 5.38. The number of hydrogen-bond acceptors (Lipinski definition) is 4. The van der Waals surface area contributed by atoms with E-state index in [9.17, 15) is 18.8 Å². The highest BCUT2D eigenvalue weighted by atomic mass is 19.1. The Bertz CT molecular complexity index is 1300. The molecule has 0 radical (unpaired) electrons. The van der Waals surface area contributed by atoms with E-state index in [0.29, 0.717) is 28.7 Å². The van der Waals surface area contributed by atoms with Gasteiger partial charge in [-0.05, 0) is 97.7 Å². The summed E-state index contributed by atoms with van der Waals surface area (Å²) >= 11 is 0. The number of amides is 2. The number of hydrogen-bond donors (Lipinski definition) is 2. The molecule has 7 nitrogen and oxygen atoms in total. The van der Waals surface area contributed by atoms with Gasteiger partial charge < -0.3 is 15.3 Å². The second kappa shape index (κ2) is 12.8. The van der Waals surface area contributed by atoms with Gasteiger partial charge in [-0.2, -0.15) is 0 Å². The van der Waals surface area contributed by atoms with Gasteiger partial charge in [-0.3, -0.25) is 19.4 Å². The van der Waals surface area contributed by atoms with Crippen molar-refractivity contribution in [1.29, 1.82) is 0 Å². The molecule has 8 heteroatoms. The van der Waals surface area contributed by atoms with Gasteiger partial charge in [-0.1, -0.05) is 46.8 Å². The molecule has 5 rings (SSSR count). The minimum atomic E-state index is -0.967. The Morgan fingerprint density at radius 2 is 1.62 bits per heavy atom. The molecule has 1 aliphatic heterocycles. The number of benzene rings is 2. The van der Waals surface area contributed by atoms with Crippen LogP contribution in [0.15, 0.2) is 53.5 Å². The summed E-state index contributed by atoms with van der Waals surface area (Å²) < 4.78 is 13.7. The largest absolute Gasteiger partial charge is 0.481 e. The molecule has 0 saturated heterocycles. The first-order chi connectivity index (χ1) is 20.0. The number of aliphatic imine (C=N–C) groups is 1. The minimum absolute atomic E-state index is 0.0600. The lowest BCUT2D eigenvalue weighted by molar-refractivity contribution is -0.137. The first-order valence-electron chi connectivity index (χ1n) is 15.3. The SMILES string of the molecule is CC.CC(C)(C)C1CCC2(CC1)N=C(c1ccc(F)cc1)C(=O)N2C(c1ccc(C(=O)NCCC(=O)O)cc1)C1CC1. The average molecular weight is 578 g/mol. The number of carbonyl (C=O) groups excluding carboxylic acids is 2. The Morgan fingerprint density at radius 3 is 2.14 bits per heavy atom. The van der Waals surface area contributed by atoms with Gasteiger partial charge in [0.25, 0.3) is 11.8 Å². The topological polar surface area (TPSA) is 99.1 Å². The van der Waals surface area contributed by atoms with Crippen LogP contribution in [-0.2, 0) is 9.59 Å². The molecule has 226 valence electrons. The molecule has 1 atom stereocenters. The molecular weight excluding hydrogens is 533 g/mol. The third-order valence-corrected chi connectivity index (χ3v) is 8.80. The Morgan fingerprint density at radius 1 is 1.02 bits per heavy atom. The molecule has 2 aliphatic carbocycles. The van der Waals surface area contributed by atoms with Gasteiger partial charge >= 0.3 is 5.97 Å². The zero-order valence-electron chi connectivity index (χ0n) is 25.5. The number of carboxylic acids is 1. The van der Waals surface area contributed by atoms with Crippen LogP contribution < -0.4 is 5.32 Å². The van der Waals surface area contributed by atoms with Crippen LogP contribution in [0.25, 0.3) is 0 Å². The highest BCUT2D eigenvalue weighted by Gasteiger charge is 2.55. The Kier molecular flexibility index (Phi) is 9.53. The summed E-state index contributed by atoms with van der Waals surface area (Å²) in [6.45, 7) is 10.9. The maximum absolute atomic E-state index is 14.2. The number of rotatable bonds is 8. The summed E-state index contributed by atoms with van der Waals surface area (Å²) in [5.41, 5.74) is 1.96. The first-order valence-corrected chi connectivity index (χ1v) is 15.3. The summed E-state index contributed by atoms with van der Waals surface area (Å²) in [6, 6.07) is 13.1. The van der Waals surface area contributed by atoms with Crippen LogP contribution in [-0.4, -0.2) is 45.7 Å². The van der Waals surface area contributed by atoms with E-state index in [4.69, 9.17) is 10.1 Å². The molecule has 2 saturated carbocycles. The smallest absolute Gasteiger partial charge is 0.305 e. The molecule has 2 aromatic carbocycles. The van der Waals surface area contributed by atoms with Crippen molar-refractivity contribution in [2.45, 2.75) is 91.3 Å². The first kappa shape index (κ1) is 31.4. The van der Waals surface area contributed by atoms with E-state index in [1.807, 2.05) is 30.9 Å². The summed E-state index contributed by atoms with van der Waals surface area (Å²) in [5, 5.41) is 11.5. The van der Waals surface area contributed by atoms with E-state index in [-0.39, 0.29) is 42.1 Å². The molecule has 1 heterocycles. The number of aliphatic carboxylic acids is 1. The number of halogens is 1. The van der Waals surface area contributed by atoms with Crippen LogP contribution in [0.4, 0.5) is 4.39 Å². The fourth-order valence-corrected chi connectivity index (χ4v) is 6.35. The zero-order valence-corrected chi connectivity index (χ0v) is 25.5. The molecule has 2 N–H and O–H groups in total. The van der Waals surface area contributed by atoms with Crippen molar-refractivity contribution in [3.8, 4) is 0 Å². The molecule has 0 aromatic heterocycles. The number of carbonyl (C=O) groups is 3. The fraction of sp³-hybridized carbons (Fsp3) is 0.529. The third kappa shape index (κ3) is 6.74. The number of nitrogens with zero attached hydrogens (tertiary/aromatic N) is 2. The van der Waals surface area contributed by atoms with Gasteiger partial charge in [0.2, 0.25) is 0 Å². The van der Waals surface area contributed by atoms with Gasteiger partial charge in [-0.25, -0.2) is 4.39 Å². The lowest BCUT2D eigenvalue weighted by atomic mass is 9.69. The highest BCUT2D eigenvalue weighted by molar-refractivity contribution is 6.46. The van der Waals surface area contributed by atoms with E-state index in [1.54, 1.807) is 24.3 Å². The fourth-order valence-electron chi connectivity index (χ4n) is 6.35. The zero-order chi connectivity index (χ0) is 30.7. The summed E-state index contributed by atoms with van der Waals surface area (Å²) in [4.78, 5) is 44.7. The van der Waals surface area contributed by atoms with Gasteiger partial charge in [0.15, 0.2) is 0 Å². The molecule has 2 fully saturated rings. The molecule has 2 amide bonds. The number of nitrogens with one attached hydrogen (secondary N) is 1. The van der Waals surface area contributed by atoms with E-state index >= 15 is 0 Å². The van der Waals surface area contributed by atoms with Crippen molar-refractivity contribution in [3.05, 3.63) is 71.0 Å². The normalized spacial score (nSPS) is 22.7. The lowest BCUT2D eigenvalue weighted by Crippen LogP contribution is -2.52. The van der Waals surface area contributed by atoms with Crippen LogP contribution in [0, 0.1) is 23.1 Å². The van der Waals surface area contributed by atoms with Gasteiger partial charge in [0.05, 0.1) is 12.5 Å². The van der Waals surface area contributed by atoms with Gasteiger partial charge in [0, 0.05) is 17.7 Å². The second-order valence-electron chi connectivity index (χ2n) is 12.6. The van der Waals surface area contributed by atoms with Crippen LogP contribution in [0.5, 0.6) is 0 Å². The summed E-state index contributed by atoms with van der Waals surface area (Å²) in [7, 11) is 0. The van der Waals surface area contributed by atoms with E-state index in [0.717, 1.165) is 44.1 Å². The maximum atomic E-state index is 14.2. The van der Waals surface area contributed by atoms with Crippen LogP contribution in [0.2, 0.25) is 0 Å². The van der Waals surface area contributed by atoms with E-state index in [1.165, 1.54) is 12.1 Å². The second-order valence-corrected chi connectivity index (χ2v) is 12.6. The molecule has 1 spiro atoms. The van der Waals surface area contributed by atoms with Crippen LogP contribution >= 0.6 is 0 Å². The van der Waals surface area contributed by atoms with E-state index < -0.39 is 11.6 Å². The molecule has 1 unspecified atom stereocenters. The molecule has 0 bridgehead atoms. The Hall–Kier alpha value is -3.55. The number of carboxylic acid groups (broad SMARTS) is 1. The van der Waals surface area contributed by atoms with Gasteiger partial charge in [0.1, 0.15) is 17.2 Å². The minimum Gasteiger partial charge on any atom is -0.481 e. The monoisotopic (exact) mass is 577 g/mol. The van der Waals surface area contributed by atoms with Gasteiger partial charge in [-0.15, -0.1) is 0 Å². The standard InChI is InChI=1S/C32H38FN3O4.C2H6/c1-31(2,3)24-14-17-32(18-15-24)35-27(20-10-12-25(33)13-11-20)30(40)36(32)28(21-4-5-21)22-6-8-23(9-7-22)29(39)34-19-16-26(37)38;1-2/h6-13,21,24,28H,4-5,14-19H2,1-3H3,(H,34,39)(H,37,38);1-2H3. The van der Waals surface area contributed by atoms with Crippen molar-refractivity contribution >= 4 is 23.5 Å². The molecule has 42 heavy (non-hydrogen) atoms. The lowest BCUT2D eigenvalue weighted by Gasteiger charge is -2.47. The predicted molar refractivity (Wildman–Crippen MR) is 162 cm³/mol. The van der Waals surface area contributed by atoms with Crippen molar-refractivity contribution < 1.29 is 23.9 Å². The van der Waals surface area contributed by atoms with Crippen molar-refractivity contribution in [2.75, 3.05) is 6.54 Å². The maximum Gasteiger partial charge on any atom is 0.305 e. The van der Waals surface area contributed by atoms with Crippen LogP contribution in [0.3, 0.4) is 0 Å². The quantitative estimate of drug-likeness (QED) is 0.362. The van der Waals surface area contributed by atoms with Crippen molar-refractivity contribution in [2.24, 2.45) is 22.2 Å². The molecule has 2 aromatic rings. The third-order valence-electron chi connectivity index (χ3n) is 8.80.